The van der Waals surface area contributed by atoms with Crippen LogP contribution in [0.3, 0.4) is 0 Å². The van der Waals surface area contributed by atoms with Crippen LogP contribution in [0.25, 0.3) is 0 Å². The number of nitrogens with one attached hydrogen (secondary N) is 2. The third-order valence-corrected chi connectivity index (χ3v) is 6.81. The summed E-state index contributed by atoms with van der Waals surface area (Å²) in [5.74, 6) is 0.398. The number of halogens is 1. The van der Waals surface area contributed by atoms with Crippen LogP contribution >= 0.6 is 11.6 Å². The Bertz CT molecular complexity index is 742. The van der Waals surface area contributed by atoms with E-state index >= 15 is 0 Å². The third-order valence-electron chi connectivity index (χ3n) is 6.50. The molecule has 6 nitrogen and oxygen atoms in total. The van der Waals surface area contributed by atoms with Gasteiger partial charge in [0.25, 0.3) is 0 Å². The zero-order valence-corrected chi connectivity index (χ0v) is 17.7. The molecule has 0 bridgehead atoms. The van der Waals surface area contributed by atoms with E-state index in [1.165, 1.54) is 38.6 Å². The summed E-state index contributed by atoms with van der Waals surface area (Å²) in [5, 5.41) is 6.16. The molecule has 2 saturated heterocycles. The molecule has 1 atom stereocenters. The molecule has 1 saturated carbocycles. The molecule has 2 aliphatic heterocycles. The number of piperidine rings is 1. The molecule has 0 aromatic heterocycles. The van der Waals surface area contributed by atoms with Crippen LogP contribution in [0.2, 0.25) is 5.02 Å². The van der Waals surface area contributed by atoms with Gasteiger partial charge in [0.2, 0.25) is 11.8 Å². The highest BCUT2D eigenvalue weighted by Crippen LogP contribution is 2.30. The maximum atomic E-state index is 12.0. The molecular formula is C22H31ClN4O2. The number of anilines is 2. The van der Waals surface area contributed by atoms with Crippen molar-refractivity contribution in [2.75, 3.05) is 42.9 Å². The van der Waals surface area contributed by atoms with Crippen LogP contribution < -0.4 is 15.5 Å². The summed E-state index contributed by atoms with van der Waals surface area (Å²) in [4.78, 5) is 28.3. The van der Waals surface area contributed by atoms with Gasteiger partial charge in [0, 0.05) is 44.8 Å². The van der Waals surface area contributed by atoms with Gasteiger partial charge >= 0.3 is 0 Å². The van der Waals surface area contributed by atoms with Crippen LogP contribution in [-0.2, 0) is 9.59 Å². The average Bonchev–Trinajstić information content (AvgIpc) is 2.73. The minimum absolute atomic E-state index is 0.211. The number of hydrogen-bond donors (Lipinski definition) is 2. The van der Waals surface area contributed by atoms with Crippen molar-refractivity contribution >= 4 is 34.8 Å². The molecule has 1 aromatic rings. The van der Waals surface area contributed by atoms with Crippen LogP contribution in [0.4, 0.5) is 11.4 Å². The predicted molar refractivity (Wildman–Crippen MR) is 116 cm³/mol. The van der Waals surface area contributed by atoms with Crippen LogP contribution in [0.1, 0.15) is 44.9 Å². The molecule has 158 valence electrons. The molecule has 1 unspecified atom stereocenters. The van der Waals surface area contributed by atoms with Gasteiger partial charge in [-0.1, -0.05) is 30.9 Å². The first-order chi connectivity index (χ1) is 14.1. The first-order valence-corrected chi connectivity index (χ1v) is 11.3. The van der Waals surface area contributed by atoms with Gasteiger partial charge in [0.1, 0.15) is 6.04 Å². The molecule has 2 heterocycles. The molecule has 1 aliphatic carbocycles. The Hall–Kier alpha value is -1.79. The molecule has 3 aliphatic rings. The summed E-state index contributed by atoms with van der Waals surface area (Å²) in [7, 11) is 0. The zero-order chi connectivity index (χ0) is 20.2. The Morgan fingerprint density at radius 2 is 1.79 bits per heavy atom. The van der Waals surface area contributed by atoms with E-state index < -0.39 is 6.04 Å². The lowest BCUT2D eigenvalue weighted by Gasteiger charge is -2.38. The molecule has 2 N–H and O–H groups in total. The maximum absolute atomic E-state index is 12.0. The smallest absolute Gasteiger partial charge is 0.249 e. The number of benzene rings is 1. The fourth-order valence-electron chi connectivity index (χ4n) is 4.76. The van der Waals surface area contributed by atoms with Crippen molar-refractivity contribution in [2.45, 2.75) is 51.0 Å². The maximum Gasteiger partial charge on any atom is 0.249 e. The van der Waals surface area contributed by atoms with Gasteiger partial charge in [-0.3, -0.25) is 19.8 Å². The van der Waals surface area contributed by atoms with Crippen molar-refractivity contribution in [1.29, 1.82) is 0 Å². The topological polar surface area (TPSA) is 64.7 Å². The van der Waals surface area contributed by atoms with E-state index in [4.69, 9.17) is 11.6 Å². The average molecular weight is 419 g/mol. The summed E-state index contributed by atoms with van der Waals surface area (Å²) in [6, 6.07) is 5.57. The number of rotatable bonds is 5. The number of imide groups is 1. The summed E-state index contributed by atoms with van der Waals surface area (Å²) >= 11 is 6.50. The highest BCUT2D eigenvalue weighted by molar-refractivity contribution is 6.33. The number of amides is 2. The molecule has 3 fully saturated rings. The number of hydrogen-bond acceptors (Lipinski definition) is 5. The molecule has 1 aromatic carbocycles. The van der Waals surface area contributed by atoms with Gasteiger partial charge < -0.3 is 10.2 Å². The predicted octanol–water partition coefficient (Wildman–Crippen LogP) is 3.26. The molecule has 29 heavy (non-hydrogen) atoms. The Kier molecular flexibility index (Phi) is 6.60. The van der Waals surface area contributed by atoms with E-state index in [2.05, 4.69) is 26.5 Å². The lowest BCUT2D eigenvalue weighted by atomic mass is 9.89. The molecule has 4 rings (SSSR count). The Balaban J connectivity index is 1.30. The minimum Gasteiger partial charge on any atom is -0.372 e. The van der Waals surface area contributed by atoms with Gasteiger partial charge in [0.05, 0.1) is 10.7 Å². The minimum atomic E-state index is -0.417. The second-order valence-electron chi connectivity index (χ2n) is 8.60. The van der Waals surface area contributed by atoms with E-state index in [9.17, 15) is 9.59 Å². The summed E-state index contributed by atoms with van der Waals surface area (Å²) in [6.45, 7) is 5.49. The van der Waals surface area contributed by atoms with E-state index in [1.54, 1.807) is 0 Å². The van der Waals surface area contributed by atoms with Crippen molar-refractivity contribution in [1.82, 2.24) is 10.2 Å². The number of nitrogens with zero attached hydrogens (tertiary/aromatic N) is 2. The second-order valence-corrected chi connectivity index (χ2v) is 9.01. The largest absolute Gasteiger partial charge is 0.372 e. The van der Waals surface area contributed by atoms with E-state index in [0.717, 1.165) is 43.5 Å². The van der Waals surface area contributed by atoms with Gasteiger partial charge in [0.15, 0.2) is 0 Å². The van der Waals surface area contributed by atoms with Gasteiger partial charge in [-0.25, -0.2) is 0 Å². The first-order valence-electron chi connectivity index (χ1n) is 11.0. The van der Waals surface area contributed by atoms with Crippen molar-refractivity contribution in [2.24, 2.45) is 5.92 Å². The van der Waals surface area contributed by atoms with E-state index in [-0.39, 0.29) is 11.8 Å². The Morgan fingerprint density at radius 1 is 1.03 bits per heavy atom. The molecule has 0 spiro atoms. The summed E-state index contributed by atoms with van der Waals surface area (Å²) in [5.41, 5.74) is 1.86. The van der Waals surface area contributed by atoms with E-state index in [1.807, 2.05) is 12.1 Å². The fraction of sp³-hybridized carbons (Fsp3) is 0.636. The second kappa shape index (κ2) is 9.35. The first kappa shape index (κ1) is 20.5. The van der Waals surface area contributed by atoms with Gasteiger partial charge in [-0.05, 0) is 43.4 Å². The number of carbonyl (C=O) groups excluding carboxylic acids is 2. The highest BCUT2D eigenvalue weighted by atomic mass is 35.5. The quantitative estimate of drug-likeness (QED) is 0.718. The van der Waals surface area contributed by atoms with Crippen molar-refractivity contribution in [3.63, 3.8) is 0 Å². The normalized spacial score (nSPS) is 24.4. The third kappa shape index (κ3) is 5.23. The Labute approximate surface area is 177 Å². The van der Waals surface area contributed by atoms with E-state index in [0.29, 0.717) is 17.9 Å². The number of carbonyl (C=O) groups is 2. The van der Waals surface area contributed by atoms with Crippen molar-refractivity contribution in [3.8, 4) is 0 Å². The molecule has 2 amide bonds. The monoisotopic (exact) mass is 418 g/mol. The van der Waals surface area contributed by atoms with Crippen LogP contribution in [0.15, 0.2) is 18.2 Å². The Morgan fingerprint density at radius 3 is 2.48 bits per heavy atom. The molecule has 7 heteroatoms. The zero-order valence-electron chi connectivity index (χ0n) is 17.0. The van der Waals surface area contributed by atoms with Crippen LogP contribution in [-0.4, -0.2) is 55.5 Å². The van der Waals surface area contributed by atoms with Crippen LogP contribution in [0, 0.1) is 5.92 Å². The summed E-state index contributed by atoms with van der Waals surface area (Å²) in [6.07, 6.45) is 7.87. The lowest BCUT2D eigenvalue weighted by molar-refractivity contribution is -0.133. The van der Waals surface area contributed by atoms with Crippen molar-refractivity contribution in [3.05, 3.63) is 23.2 Å². The van der Waals surface area contributed by atoms with Crippen molar-refractivity contribution < 1.29 is 9.59 Å². The standard InChI is InChI=1S/C22H31ClN4O2/c23-18-14-17(6-7-19(18)24-20-8-9-21(28)25-22(20)29)27-12-10-26(11-13-27)15-16-4-2-1-3-5-16/h6-7,14,16,20,24H,1-5,8-13,15H2,(H,25,28,29). The lowest BCUT2D eigenvalue weighted by Crippen LogP contribution is -2.48. The highest BCUT2D eigenvalue weighted by Gasteiger charge is 2.27. The van der Waals surface area contributed by atoms with Crippen LogP contribution in [0.5, 0.6) is 0 Å². The molecular weight excluding hydrogens is 388 g/mol. The van der Waals surface area contributed by atoms with Gasteiger partial charge in [-0.15, -0.1) is 0 Å². The molecule has 0 radical (unpaired) electrons. The number of piperazine rings is 1. The summed E-state index contributed by atoms with van der Waals surface area (Å²) < 4.78 is 0. The SMILES string of the molecule is O=C1CCC(Nc2ccc(N3CCN(CC4CCCCC4)CC3)cc2Cl)C(=O)N1. The van der Waals surface area contributed by atoms with Gasteiger partial charge in [-0.2, -0.15) is 0 Å². The fourth-order valence-corrected chi connectivity index (χ4v) is 4.99.